The summed E-state index contributed by atoms with van der Waals surface area (Å²) >= 11 is 7.39. The first-order valence-electron chi connectivity index (χ1n) is 11.8. The van der Waals surface area contributed by atoms with E-state index in [2.05, 4.69) is 12.1 Å². The van der Waals surface area contributed by atoms with Crippen molar-refractivity contribution in [1.29, 1.82) is 0 Å². The summed E-state index contributed by atoms with van der Waals surface area (Å²) in [6.45, 7) is 4.00. The lowest BCUT2D eigenvalue weighted by molar-refractivity contribution is -0.123. The Labute approximate surface area is 210 Å². The van der Waals surface area contributed by atoms with Gasteiger partial charge in [-0.2, -0.15) is 0 Å². The van der Waals surface area contributed by atoms with E-state index in [1.807, 2.05) is 61.2 Å². The van der Waals surface area contributed by atoms with Crippen LogP contribution in [0.4, 0.5) is 5.69 Å². The van der Waals surface area contributed by atoms with Crippen LogP contribution in [0.1, 0.15) is 55.6 Å². The fourth-order valence-corrected chi connectivity index (χ4v) is 5.81. The minimum absolute atomic E-state index is 0.0173. The molecule has 2 aromatic carbocycles. The molecule has 1 aromatic heterocycles. The molecule has 0 radical (unpaired) electrons. The van der Waals surface area contributed by atoms with E-state index in [4.69, 9.17) is 16.3 Å². The number of hydrogen-bond donors (Lipinski definition) is 0. The molecule has 178 valence electrons. The smallest absolute Gasteiger partial charge is 0.350 e. The molecule has 1 saturated carbocycles. The first-order valence-corrected chi connectivity index (χ1v) is 13.0. The average Bonchev–Trinajstić information content (AvgIpc) is 3.29. The zero-order chi connectivity index (χ0) is 24.2. The SMILES string of the molecule is COC(=O)c1sc(-c2ccc(-c3ccc(Cl)cc3)cc2)cc1N(C(=O)C1CCCCC1)C(C)C. The van der Waals surface area contributed by atoms with E-state index in [-0.39, 0.29) is 17.9 Å². The highest BCUT2D eigenvalue weighted by atomic mass is 35.5. The molecule has 0 saturated heterocycles. The third-order valence-electron chi connectivity index (χ3n) is 6.40. The largest absolute Gasteiger partial charge is 0.465 e. The quantitative estimate of drug-likeness (QED) is 0.327. The summed E-state index contributed by atoms with van der Waals surface area (Å²) in [5, 5.41) is 0.708. The van der Waals surface area contributed by atoms with E-state index in [0.29, 0.717) is 15.6 Å². The van der Waals surface area contributed by atoms with Crippen molar-refractivity contribution in [3.63, 3.8) is 0 Å². The Morgan fingerprint density at radius 3 is 2.06 bits per heavy atom. The molecule has 6 heteroatoms. The standard InChI is InChI=1S/C28H30ClNO3S/c1-18(2)30(27(31)22-7-5-4-6-8-22)24-17-25(34-26(24)28(32)33-3)21-11-9-19(10-12-21)20-13-15-23(29)16-14-20/h9-18,22H,4-8H2,1-3H3. The van der Waals surface area contributed by atoms with Gasteiger partial charge in [-0.25, -0.2) is 4.79 Å². The normalized spacial score (nSPS) is 14.3. The molecule has 34 heavy (non-hydrogen) atoms. The van der Waals surface area contributed by atoms with Gasteiger partial charge >= 0.3 is 5.97 Å². The average molecular weight is 496 g/mol. The van der Waals surface area contributed by atoms with E-state index in [0.717, 1.165) is 47.3 Å². The van der Waals surface area contributed by atoms with Gasteiger partial charge in [0.2, 0.25) is 5.91 Å². The first kappa shape index (κ1) is 24.5. The Bertz CT molecular complexity index is 1150. The molecule has 0 unspecified atom stereocenters. The second-order valence-corrected chi connectivity index (χ2v) is 10.5. The molecule has 1 amide bonds. The predicted molar refractivity (Wildman–Crippen MR) is 141 cm³/mol. The minimum Gasteiger partial charge on any atom is -0.465 e. The van der Waals surface area contributed by atoms with Crippen LogP contribution in [0.2, 0.25) is 5.02 Å². The van der Waals surface area contributed by atoms with Gasteiger partial charge in [-0.3, -0.25) is 4.79 Å². The van der Waals surface area contributed by atoms with E-state index in [1.54, 1.807) is 0 Å². The molecule has 0 aliphatic heterocycles. The Kier molecular flexibility index (Phi) is 7.74. The zero-order valence-corrected chi connectivity index (χ0v) is 21.4. The minimum atomic E-state index is -0.411. The molecule has 0 N–H and O–H groups in total. The number of rotatable bonds is 6. The van der Waals surface area contributed by atoms with E-state index < -0.39 is 5.97 Å². The van der Waals surface area contributed by atoms with Gasteiger partial charge in [-0.1, -0.05) is 67.3 Å². The highest BCUT2D eigenvalue weighted by Gasteiger charge is 2.32. The topological polar surface area (TPSA) is 46.6 Å². The van der Waals surface area contributed by atoms with Crippen molar-refractivity contribution in [2.24, 2.45) is 5.92 Å². The van der Waals surface area contributed by atoms with Gasteiger partial charge in [0.15, 0.2) is 0 Å². The van der Waals surface area contributed by atoms with Gasteiger partial charge < -0.3 is 9.64 Å². The van der Waals surface area contributed by atoms with Crippen LogP contribution in [0, 0.1) is 5.92 Å². The van der Waals surface area contributed by atoms with Crippen molar-refractivity contribution < 1.29 is 14.3 Å². The number of carbonyl (C=O) groups excluding carboxylic acids is 2. The van der Waals surface area contributed by atoms with Crippen LogP contribution in [0.3, 0.4) is 0 Å². The van der Waals surface area contributed by atoms with E-state index in [1.165, 1.54) is 24.9 Å². The van der Waals surface area contributed by atoms with Crippen molar-refractivity contribution in [3.05, 3.63) is 64.5 Å². The van der Waals surface area contributed by atoms with Gasteiger partial charge in [0.05, 0.1) is 12.8 Å². The van der Waals surface area contributed by atoms with Gasteiger partial charge in [-0.15, -0.1) is 11.3 Å². The lowest BCUT2D eigenvalue weighted by Gasteiger charge is -2.32. The van der Waals surface area contributed by atoms with Crippen LogP contribution >= 0.6 is 22.9 Å². The Morgan fingerprint density at radius 2 is 1.50 bits per heavy atom. The molecule has 1 fully saturated rings. The zero-order valence-electron chi connectivity index (χ0n) is 19.8. The molecular weight excluding hydrogens is 466 g/mol. The highest BCUT2D eigenvalue weighted by Crippen LogP contribution is 2.40. The summed E-state index contributed by atoms with van der Waals surface area (Å²) < 4.78 is 5.09. The number of carbonyl (C=O) groups is 2. The molecule has 1 heterocycles. The van der Waals surface area contributed by atoms with Crippen molar-refractivity contribution in [2.45, 2.75) is 52.0 Å². The van der Waals surface area contributed by atoms with Crippen molar-refractivity contribution >= 4 is 40.5 Å². The summed E-state index contributed by atoms with van der Waals surface area (Å²) in [5.41, 5.74) is 3.82. The summed E-state index contributed by atoms with van der Waals surface area (Å²) in [6, 6.07) is 17.9. The number of esters is 1. The van der Waals surface area contributed by atoms with Crippen LogP contribution in [0.15, 0.2) is 54.6 Å². The molecule has 1 aliphatic rings. The molecule has 0 bridgehead atoms. The van der Waals surface area contributed by atoms with Gasteiger partial charge in [0.1, 0.15) is 4.88 Å². The van der Waals surface area contributed by atoms with Crippen LogP contribution in [0.5, 0.6) is 0 Å². The van der Waals surface area contributed by atoms with Crippen molar-refractivity contribution in [2.75, 3.05) is 12.0 Å². The lowest BCUT2D eigenvalue weighted by Crippen LogP contribution is -2.42. The number of halogens is 1. The Hall–Kier alpha value is -2.63. The second kappa shape index (κ2) is 10.7. The molecular formula is C28H30ClNO3S. The monoisotopic (exact) mass is 495 g/mol. The van der Waals surface area contributed by atoms with Crippen molar-refractivity contribution in [3.8, 4) is 21.6 Å². The third kappa shape index (κ3) is 5.21. The number of anilines is 1. The fraction of sp³-hybridized carbons (Fsp3) is 0.357. The Morgan fingerprint density at radius 1 is 0.941 bits per heavy atom. The van der Waals surface area contributed by atoms with Crippen LogP contribution < -0.4 is 4.90 Å². The summed E-state index contributed by atoms with van der Waals surface area (Å²) in [7, 11) is 1.38. The third-order valence-corrected chi connectivity index (χ3v) is 7.80. The maximum absolute atomic E-state index is 13.5. The number of benzene rings is 2. The highest BCUT2D eigenvalue weighted by molar-refractivity contribution is 7.18. The number of amides is 1. The van der Waals surface area contributed by atoms with E-state index >= 15 is 0 Å². The summed E-state index contributed by atoms with van der Waals surface area (Å²) in [6.07, 6.45) is 5.19. The number of hydrogen-bond acceptors (Lipinski definition) is 4. The summed E-state index contributed by atoms with van der Waals surface area (Å²) in [4.78, 5) is 29.5. The van der Waals surface area contributed by atoms with Crippen molar-refractivity contribution in [1.82, 2.24) is 0 Å². The molecule has 3 aromatic rings. The first-order chi connectivity index (χ1) is 16.4. The number of ether oxygens (including phenoxy) is 1. The molecule has 0 atom stereocenters. The maximum atomic E-state index is 13.5. The van der Waals surface area contributed by atoms with Gasteiger partial charge in [-0.05, 0) is 61.6 Å². The van der Waals surface area contributed by atoms with Crippen LogP contribution in [0.25, 0.3) is 21.6 Å². The number of nitrogens with zero attached hydrogens (tertiary/aromatic N) is 1. The second-order valence-electron chi connectivity index (χ2n) is 9.04. The molecule has 4 rings (SSSR count). The van der Waals surface area contributed by atoms with Crippen LogP contribution in [-0.4, -0.2) is 25.0 Å². The van der Waals surface area contributed by atoms with Gasteiger partial charge in [0.25, 0.3) is 0 Å². The molecule has 4 nitrogen and oxygen atoms in total. The number of methoxy groups -OCH3 is 1. The molecule has 1 aliphatic carbocycles. The predicted octanol–water partition coefficient (Wildman–Crippen LogP) is 7.84. The Balaban J connectivity index is 1.69. The van der Waals surface area contributed by atoms with E-state index in [9.17, 15) is 9.59 Å². The fourth-order valence-electron chi connectivity index (χ4n) is 4.61. The number of thiophene rings is 1. The summed E-state index contributed by atoms with van der Waals surface area (Å²) in [5.74, 6) is -0.280. The van der Waals surface area contributed by atoms with Gasteiger partial charge in [0, 0.05) is 21.9 Å². The molecule has 0 spiro atoms. The maximum Gasteiger partial charge on any atom is 0.350 e. The lowest BCUT2D eigenvalue weighted by atomic mass is 9.88. The van der Waals surface area contributed by atoms with Crippen LogP contribution in [-0.2, 0) is 9.53 Å².